The summed E-state index contributed by atoms with van der Waals surface area (Å²) in [6.07, 6.45) is 3.49. The quantitative estimate of drug-likeness (QED) is 0.496. The third kappa shape index (κ3) is 2.40. The Balaban J connectivity index is 2.43. The predicted molar refractivity (Wildman–Crippen MR) is 63.5 cm³/mol. The Morgan fingerprint density at radius 3 is 3.00 bits per heavy atom. The molecule has 1 aliphatic heterocycles. The largest absolute Gasteiger partial charge is 0.480 e. The number of esters is 1. The zero-order valence-corrected chi connectivity index (χ0v) is 10.2. The minimum Gasteiger partial charge on any atom is -0.480 e. The lowest BCUT2D eigenvalue weighted by molar-refractivity contribution is -0.145. The number of cyclic esters (lactones) is 1. The summed E-state index contributed by atoms with van der Waals surface area (Å²) in [7, 11) is 1.29. The highest BCUT2D eigenvalue weighted by Gasteiger charge is 2.30. The first-order valence-electron chi connectivity index (χ1n) is 5.54. The summed E-state index contributed by atoms with van der Waals surface area (Å²) in [5.74, 6) is -0.427. The molecule has 1 saturated heterocycles. The van der Waals surface area contributed by atoms with Gasteiger partial charge < -0.3 is 19.0 Å². The number of rotatable bonds is 2. The zero-order valence-electron chi connectivity index (χ0n) is 10.2. The van der Waals surface area contributed by atoms with E-state index < -0.39 is 11.9 Å². The molecule has 1 aromatic rings. The van der Waals surface area contributed by atoms with Crippen molar-refractivity contribution in [2.45, 2.75) is 19.4 Å². The van der Waals surface area contributed by atoms with Crippen LogP contribution in [-0.2, 0) is 14.3 Å². The van der Waals surface area contributed by atoms with Crippen LogP contribution in [0.15, 0.2) is 39.9 Å². The van der Waals surface area contributed by atoms with E-state index in [1.165, 1.54) is 13.4 Å². The van der Waals surface area contributed by atoms with E-state index in [-0.39, 0.29) is 11.7 Å². The maximum Gasteiger partial charge on any atom is 0.345 e. The number of carbonyl (C=O) groups is 1. The Bertz CT molecular complexity index is 495. The number of ether oxygens (including phenoxy) is 2. The van der Waals surface area contributed by atoms with Crippen LogP contribution in [0.3, 0.4) is 0 Å². The van der Waals surface area contributed by atoms with Gasteiger partial charge in [-0.15, -0.1) is 0 Å². The Morgan fingerprint density at radius 2 is 2.39 bits per heavy atom. The molecule has 0 saturated carbocycles. The van der Waals surface area contributed by atoms with E-state index in [9.17, 15) is 9.90 Å². The second-order valence-corrected chi connectivity index (χ2v) is 3.99. The lowest BCUT2D eigenvalue weighted by atomic mass is 9.97. The van der Waals surface area contributed by atoms with Crippen LogP contribution in [0.1, 0.15) is 19.1 Å². The van der Waals surface area contributed by atoms with E-state index in [0.29, 0.717) is 17.8 Å². The van der Waals surface area contributed by atoms with Crippen molar-refractivity contribution >= 4 is 12.0 Å². The van der Waals surface area contributed by atoms with Gasteiger partial charge >= 0.3 is 5.97 Å². The maximum absolute atomic E-state index is 11.8. The first-order chi connectivity index (χ1) is 8.61. The fraction of sp³-hybridized carbons (Fsp3) is 0.308. The van der Waals surface area contributed by atoms with Gasteiger partial charge in [0.15, 0.2) is 0 Å². The van der Waals surface area contributed by atoms with E-state index in [1.807, 2.05) is 0 Å². The number of hydrogen-bond acceptors (Lipinski definition) is 5. The lowest BCUT2D eigenvalue weighted by Crippen LogP contribution is -2.26. The average Bonchev–Trinajstić information content (AvgIpc) is 2.80. The standard InChI is InChI=1S/C13H14O5/c1-8-6-9(7-10-4-3-5-17-10)11(12(14)16-2)13(15)18-8/h3-5,7-8,14H,6H2,1-2H3/b9-7?,12-11-. The summed E-state index contributed by atoms with van der Waals surface area (Å²) in [5, 5.41) is 9.62. The second kappa shape index (κ2) is 5.00. The molecule has 5 nitrogen and oxygen atoms in total. The molecule has 2 rings (SSSR count). The molecular formula is C13H14O5. The van der Waals surface area contributed by atoms with Crippen LogP contribution in [0.5, 0.6) is 0 Å². The first-order valence-corrected chi connectivity index (χ1v) is 5.54. The zero-order chi connectivity index (χ0) is 13.1. The van der Waals surface area contributed by atoms with Crippen molar-refractivity contribution in [2.24, 2.45) is 0 Å². The molecule has 1 aliphatic rings. The molecule has 0 spiro atoms. The summed E-state index contributed by atoms with van der Waals surface area (Å²) >= 11 is 0. The molecule has 0 radical (unpaired) electrons. The van der Waals surface area contributed by atoms with Gasteiger partial charge in [0.2, 0.25) is 0 Å². The number of carbonyl (C=O) groups excluding carboxylic acids is 1. The van der Waals surface area contributed by atoms with E-state index in [1.54, 1.807) is 25.1 Å². The van der Waals surface area contributed by atoms with Crippen LogP contribution >= 0.6 is 0 Å². The van der Waals surface area contributed by atoms with Gasteiger partial charge in [-0.2, -0.15) is 0 Å². The van der Waals surface area contributed by atoms with Gasteiger partial charge in [-0.25, -0.2) is 4.79 Å². The molecule has 96 valence electrons. The fourth-order valence-electron chi connectivity index (χ4n) is 1.83. The van der Waals surface area contributed by atoms with Gasteiger partial charge in [0.25, 0.3) is 5.95 Å². The minimum absolute atomic E-state index is 0.0481. The van der Waals surface area contributed by atoms with Gasteiger partial charge in [-0.1, -0.05) is 0 Å². The molecule has 1 fully saturated rings. The van der Waals surface area contributed by atoms with Crippen LogP contribution < -0.4 is 0 Å². The van der Waals surface area contributed by atoms with Crippen molar-refractivity contribution in [2.75, 3.05) is 7.11 Å². The second-order valence-electron chi connectivity index (χ2n) is 3.99. The van der Waals surface area contributed by atoms with Gasteiger partial charge in [0.1, 0.15) is 17.4 Å². The SMILES string of the molecule is CO/C(O)=C1\C(=O)OC(C)CC1=Cc1ccco1. The summed E-state index contributed by atoms with van der Waals surface area (Å²) in [4.78, 5) is 11.8. The molecule has 2 heterocycles. The summed E-state index contributed by atoms with van der Waals surface area (Å²) in [6, 6.07) is 3.51. The van der Waals surface area contributed by atoms with Crippen LogP contribution in [0, 0.1) is 0 Å². The number of aliphatic hydroxyl groups excluding tert-OH is 1. The maximum atomic E-state index is 11.8. The highest BCUT2D eigenvalue weighted by atomic mass is 16.6. The molecule has 1 unspecified atom stereocenters. The fourth-order valence-corrected chi connectivity index (χ4v) is 1.83. The van der Waals surface area contributed by atoms with Gasteiger partial charge in [0, 0.05) is 6.42 Å². The first kappa shape index (κ1) is 12.3. The van der Waals surface area contributed by atoms with E-state index in [4.69, 9.17) is 13.9 Å². The molecule has 0 aromatic carbocycles. The van der Waals surface area contributed by atoms with Crippen LogP contribution in [0.25, 0.3) is 6.08 Å². The van der Waals surface area contributed by atoms with Crippen LogP contribution in [-0.4, -0.2) is 24.3 Å². The Labute approximate surface area is 104 Å². The molecule has 1 aromatic heterocycles. The van der Waals surface area contributed by atoms with Crippen molar-refractivity contribution in [3.63, 3.8) is 0 Å². The topological polar surface area (TPSA) is 68.9 Å². The third-order valence-corrected chi connectivity index (χ3v) is 2.61. The molecule has 5 heteroatoms. The molecule has 0 amide bonds. The van der Waals surface area contributed by atoms with Gasteiger partial charge in [-0.05, 0) is 30.7 Å². The van der Waals surface area contributed by atoms with E-state index in [0.717, 1.165) is 0 Å². The van der Waals surface area contributed by atoms with Crippen molar-refractivity contribution in [3.05, 3.63) is 41.2 Å². The lowest BCUT2D eigenvalue weighted by Gasteiger charge is -2.23. The Kier molecular flexibility index (Phi) is 3.41. The number of furan rings is 1. The summed E-state index contributed by atoms with van der Waals surface area (Å²) in [6.45, 7) is 1.79. The third-order valence-electron chi connectivity index (χ3n) is 2.61. The Morgan fingerprint density at radius 1 is 1.61 bits per heavy atom. The average molecular weight is 250 g/mol. The minimum atomic E-state index is -0.592. The van der Waals surface area contributed by atoms with Crippen LogP contribution in [0.4, 0.5) is 0 Å². The number of methoxy groups -OCH3 is 1. The normalized spacial score (nSPS) is 24.9. The summed E-state index contributed by atoms with van der Waals surface area (Å²) < 4.78 is 15.0. The van der Waals surface area contributed by atoms with Crippen LogP contribution in [0.2, 0.25) is 0 Å². The van der Waals surface area contributed by atoms with Crippen molar-refractivity contribution in [1.82, 2.24) is 0 Å². The molecule has 0 aliphatic carbocycles. The van der Waals surface area contributed by atoms with Crippen molar-refractivity contribution < 1.29 is 23.8 Å². The molecular weight excluding hydrogens is 236 g/mol. The highest BCUT2D eigenvalue weighted by molar-refractivity contribution is 5.96. The molecule has 18 heavy (non-hydrogen) atoms. The highest BCUT2D eigenvalue weighted by Crippen LogP contribution is 2.29. The molecule has 1 atom stereocenters. The summed E-state index contributed by atoms with van der Waals surface area (Å²) in [5.41, 5.74) is 0.681. The van der Waals surface area contributed by atoms with Gasteiger partial charge in [0.05, 0.1) is 13.4 Å². The van der Waals surface area contributed by atoms with E-state index >= 15 is 0 Å². The van der Waals surface area contributed by atoms with Gasteiger partial charge in [-0.3, -0.25) is 0 Å². The molecule has 0 bridgehead atoms. The van der Waals surface area contributed by atoms with E-state index in [2.05, 4.69) is 0 Å². The van der Waals surface area contributed by atoms with Crippen molar-refractivity contribution in [3.8, 4) is 0 Å². The number of aliphatic hydroxyl groups is 1. The van der Waals surface area contributed by atoms with Crippen molar-refractivity contribution in [1.29, 1.82) is 0 Å². The monoisotopic (exact) mass is 250 g/mol. The predicted octanol–water partition coefficient (Wildman–Crippen LogP) is 2.41. The smallest absolute Gasteiger partial charge is 0.345 e. The Hall–Kier alpha value is -2.17. The molecule has 1 N–H and O–H groups in total. The number of hydrogen-bond donors (Lipinski definition) is 1.